The first-order valence-corrected chi connectivity index (χ1v) is 6.95. The molecule has 1 unspecified atom stereocenters. The zero-order chi connectivity index (χ0) is 12.3. The Morgan fingerprint density at radius 3 is 2.94 bits per heavy atom. The van der Waals surface area contributed by atoms with E-state index in [1.165, 1.54) is 0 Å². The van der Waals surface area contributed by atoms with Crippen LogP contribution in [0.3, 0.4) is 0 Å². The lowest BCUT2D eigenvalue weighted by molar-refractivity contribution is 0.0661. The minimum atomic E-state index is -0.496. The molecule has 0 radical (unpaired) electrons. The van der Waals surface area contributed by atoms with Gasteiger partial charge in [0.05, 0.1) is 6.10 Å². The van der Waals surface area contributed by atoms with Crippen molar-refractivity contribution in [1.82, 2.24) is 4.90 Å². The molecule has 3 nitrogen and oxygen atoms in total. The highest BCUT2D eigenvalue weighted by Gasteiger charge is 2.23. The summed E-state index contributed by atoms with van der Waals surface area (Å²) in [5.41, 5.74) is 1.90. The fraction of sp³-hybridized carbons (Fsp3) is 0.462. The van der Waals surface area contributed by atoms with E-state index in [9.17, 15) is 9.90 Å². The van der Waals surface area contributed by atoms with Crippen molar-refractivity contribution >= 4 is 21.8 Å². The van der Waals surface area contributed by atoms with E-state index in [0.29, 0.717) is 11.9 Å². The number of halogens is 1. The third kappa shape index (κ3) is 2.87. The van der Waals surface area contributed by atoms with Crippen molar-refractivity contribution in [2.75, 3.05) is 18.4 Å². The van der Waals surface area contributed by atoms with Crippen LogP contribution >= 0.6 is 15.9 Å². The van der Waals surface area contributed by atoms with Gasteiger partial charge in [0.15, 0.2) is 0 Å². The molecule has 1 heterocycles. The molecule has 92 valence electrons. The molecular weight excluding hydrogens is 282 g/mol. The van der Waals surface area contributed by atoms with E-state index in [4.69, 9.17) is 0 Å². The molecule has 17 heavy (non-hydrogen) atoms. The number of amides is 1. The Morgan fingerprint density at radius 1 is 1.41 bits per heavy atom. The molecule has 0 bridgehead atoms. The van der Waals surface area contributed by atoms with Crippen LogP contribution < -0.4 is 0 Å². The summed E-state index contributed by atoms with van der Waals surface area (Å²) in [4.78, 5) is 14.0. The van der Waals surface area contributed by atoms with Gasteiger partial charge < -0.3 is 10.0 Å². The first kappa shape index (κ1) is 12.6. The average molecular weight is 298 g/mol. The lowest BCUT2D eigenvalue weighted by Crippen LogP contribution is -2.38. The van der Waals surface area contributed by atoms with Gasteiger partial charge in [-0.1, -0.05) is 34.1 Å². The van der Waals surface area contributed by atoms with E-state index in [1.807, 2.05) is 24.3 Å². The summed E-state index contributed by atoms with van der Waals surface area (Å²) in [6.45, 7) is 1.12. The Bertz CT molecular complexity index is 408. The van der Waals surface area contributed by atoms with Crippen LogP contribution in [0.4, 0.5) is 0 Å². The first-order valence-electron chi connectivity index (χ1n) is 5.83. The molecule has 4 heteroatoms. The minimum Gasteiger partial charge on any atom is -0.390 e. The zero-order valence-electron chi connectivity index (χ0n) is 9.60. The fourth-order valence-electron chi connectivity index (χ4n) is 2.16. The highest BCUT2D eigenvalue weighted by molar-refractivity contribution is 9.09. The number of hydrogen-bond acceptors (Lipinski definition) is 2. The Balaban J connectivity index is 2.20. The van der Waals surface area contributed by atoms with Crippen molar-refractivity contribution in [3.8, 4) is 0 Å². The number of aryl methyl sites for hydroxylation is 1. The van der Waals surface area contributed by atoms with Crippen LogP contribution in [0.25, 0.3) is 0 Å². The number of carbonyl (C=O) groups excluding carboxylic acids is 1. The molecule has 1 N–H and O–H groups in total. The normalized spacial score (nSPS) is 17.5. The summed E-state index contributed by atoms with van der Waals surface area (Å²) in [6.07, 6.45) is 1.39. The van der Waals surface area contributed by atoms with Crippen LogP contribution in [0, 0.1) is 0 Å². The molecule has 0 saturated heterocycles. The first-order chi connectivity index (χ1) is 8.22. The molecule has 1 atom stereocenters. The molecule has 0 saturated carbocycles. The Hall–Kier alpha value is -0.870. The number of nitrogens with zero attached hydrogens (tertiary/aromatic N) is 1. The number of rotatable bonds is 3. The van der Waals surface area contributed by atoms with Gasteiger partial charge in [-0.05, 0) is 24.5 Å². The van der Waals surface area contributed by atoms with Crippen LogP contribution in [0.2, 0.25) is 0 Å². The number of benzene rings is 1. The number of aliphatic hydroxyl groups is 1. The highest BCUT2D eigenvalue weighted by atomic mass is 79.9. The third-order valence-electron chi connectivity index (χ3n) is 3.02. The molecule has 1 amide bonds. The Labute approximate surface area is 110 Å². The van der Waals surface area contributed by atoms with Crippen molar-refractivity contribution in [3.05, 3.63) is 35.4 Å². The second-order valence-electron chi connectivity index (χ2n) is 4.32. The maximum Gasteiger partial charge on any atom is 0.254 e. The molecule has 0 aliphatic carbocycles. The lowest BCUT2D eigenvalue weighted by Gasteiger charge is -2.23. The van der Waals surface area contributed by atoms with E-state index in [1.54, 1.807) is 4.90 Å². The van der Waals surface area contributed by atoms with Crippen molar-refractivity contribution in [2.24, 2.45) is 0 Å². The summed E-state index contributed by atoms with van der Waals surface area (Å²) in [6, 6.07) is 7.74. The van der Waals surface area contributed by atoms with Gasteiger partial charge in [0.1, 0.15) is 0 Å². The molecule has 1 aromatic rings. The maximum atomic E-state index is 12.3. The zero-order valence-corrected chi connectivity index (χ0v) is 11.2. The SMILES string of the molecule is O=C1c2ccccc2CCCN1CC(O)CBr. The van der Waals surface area contributed by atoms with Gasteiger partial charge in [-0.3, -0.25) is 4.79 Å². The molecular formula is C13H16BrNO2. The quantitative estimate of drug-likeness (QED) is 0.865. The molecule has 1 aliphatic rings. The van der Waals surface area contributed by atoms with Gasteiger partial charge in [0.2, 0.25) is 0 Å². The van der Waals surface area contributed by atoms with E-state index in [0.717, 1.165) is 30.5 Å². The van der Waals surface area contributed by atoms with E-state index >= 15 is 0 Å². The van der Waals surface area contributed by atoms with Crippen molar-refractivity contribution in [3.63, 3.8) is 0 Å². The fourth-order valence-corrected chi connectivity index (χ4v) is 2.36. The number of fused-ring (bicyclic) bond motifs is 1. The third-order valence-corrected chi connectivity index (χ3v) is 3.77. The van der Waals surface area contributed by atoms with Crippen LogP contribution in [0.1, 0.15) is 22.3 Å². The van der Waals surface area contributed by atoms with E-state index in [2.05, 4.69) is 15.9 Å². The Morgan fingerprint density at radius 2 is 2.18 bits per heavy atom. The van der Waals surface area contributed by atoms with Crippen LogP contribution in [-0.4, -0.2) is 40.4 Å². The van der Waals surface area contributed by atoms with E-state index < -0.39 is 6.10 Å². The molecule has 0 aromatic heterocycles. The van der Waals surface area contributed by atoms with Gasteiger partial charge in [-0.2, -0.15) is 0 Å². The van der Waals surface area contributed by atoms with Crippen LogP contribution in [0.15, 0.2) is 24.3 Å². The van der Waals surface area contributed by atoms with Crippen LogP contribution in [-0.2, 0) is 6.42 Å². The highest BCUT2D eigenvalue weighted by Crippen LogP contribution is 2.18. The summed E-state index contributed by atoms with van der Waals surface area (Å²) in [5.74, 6) is 0.0399. The van der Waals surface area contributed by atoms with Gasteiger partial charge in [-0.25, -0.2) is 0 Å². The van der Waals surface area contributed by atoms with Crippen LogP contribution in [0.5, 0.6) is 0 Å². The molecule has 0 fully saturated rings. The largest absolute Gasteiger partial charge is 0.390 e. The number of β-amino-alcohol motifs (C(OH)–C–C–N with tert-alkyl or cyclic N) is 1. The van der Waals surface area contributed by atoms with Crippen molar-refractivity contribution < 1.29 is 9.90 Å². The summed E-state index contributed by atoms with van der Waals surface area (Å²) < 4.78 is 0. The number of aliphatic hydroxyl groups excluding tert-OH is 1. The summed E-state index contributed by atoms with van der Waals surface area (Å²) in [5, 5.41) is 10.1. The predicted molar refractivity (Wildman–Crippen MR) is 70.5 cm³/mol. The molecule has 1 aromatic carbocycles. The second-order valence-corrected chi connectivity index (χ2v) is 4.97. The number of alkyl halides is 1. The molecule has 2 rings (SSSR count). The predicted octanol–water partition coefficient (Wildman–Crippen LogP) is 1.83. The van der Waals surface area contributed by atoms with Gasteiger partial charge in [-0.15, -0.1) is 0 Å². The van der Waals surface area contributed by atoms with Gasteiger partial charge in [0.25, 0.3) is 5.91 Å². The van der Waals surface area contributed by atoms with E-state index in [-0.39, 0.29) is 5.91 Å². The lowest BCUT2D eigenvalue weighted by atomic mass is 10.0. The van der Waals surface area contributed by atoms with Crippen molar-refractivity contribution in [1.29, 1.82) is 0 Å². The topological polar surface area (TPSA) is 40.5 Å². The molecule has 1 aliphatic heterocycles. The average Bonchev–Trinajstić information content (AvgIpc) is 2.51. The maximum absolute atomic E-state index is 12.3. The molecule has 0 spiro atoms. The standard InChI is InChI=1S/C13H16BrNO2/c14-8-11(16)9-15-7-3-5-10-4-1-2-6-12(10)13(15)17/h1-2,4,6,11,16H,3,5,7-9H2. The van der Waals surface area contributed by atoms with Gasteiger partial charge in [0, 0.05) is 24.0 Å². The smallest absolute Gasteiger partial charge is 0.254 e. The number of carbonyl (C=O) groups is 1. The second kappa shape index (κ2) is 5.65. The monoisotopic (exact) mass is 297 g/mol. The summed E-state index contributed by atoms with van der Waals surface area (Å²) >= 11 is 3.22. The number of hydrogen-bond donors (Lipinski definition) is 1. The minimum absolute atomic E-state index is 0.0399. The summed E-state index contributed by atoms with van der Waals surface area (Å²) in [7, 11) is 0. The Kier molecular flexibility index (Phi) is 4.18. The van der Waals surface area contributed by atoms with Crippen molar-refractivity contribution in [2.45, 2.75) is 18.9 Å². The van der Waals surface area contributed by atoms with Gasteiger partial charge >= 0.3 is 0 Å².